The van der Waals surface area contributed by atoms with Gasteiger partial charge in [-0.05, 0) is 24.3 Å². The number of carboxylic acid groups (broad SMARTS) is 1. The van der Waals surface area contributed by atoms with E-state index in [-0.39, 0.29) is 11.3 Å². The summed E-state index contributed by atoms with van der Waals surface area (Å²) in [6.45, 7) is 0. The van der Waals surface area contributed by atoms with E-state index in [0.29, 0.717) is 17.1 Å². The highest BCUT2D eigenvalue weighted by atomic mass is 16.5. The van der Waals surface area contributed by atoms with E-state index >= 15 is 0 Å². The first-order valence-corrected chi connectivity index (χ1v) is 7.61. The molecule has 0 saturated heterocycles. The Hall–Kier alpha value is -3.68. The van der Waals surface area contributed by atoms with Crippen LogP contribution in [0, 0.1) is 0 Å². The van der Waals surface area contributed by atoms with Crippen LogP contribution in [0.5, 0.6) is 11.5 Å². The van der Waals surface area contributed by atoms with Crippen LogP contribution in [0.2, 0.25) is 0 Å². The fraction of sp³-hybridized carbons (Fsp3) is 0.111. The maximum absolute atomic E-state index is 11.5. The minimum atomic E-state index is -1.39. The molecular weight excluding hydrogens is 336 g/mol. The van der Waals surface area contributed by atoms with Gasteiger partial charge in [-0.3, -0.25) is 5.43 Å². The highest BCUT2D eigenvalue weighted by molar-refractivity contribution is 6.01. The van der Waals surface area contributed by atoms with Gasteiger partial charge < -0.3 is 19.4 Å². The van der Waals surface area contributed by atoms with E-state index in [1.54, 1.807) is 12.1 Å². The first-order valence-electron chi connectivity index (χ1n) is 7.61. The number of carboxylic acids is 1. The van der Waals surface area contributed by atoms with Gasteiger partial charge in [0.15, 0.2) is 17.3 Å². The summed E-state index contributed by atoms with van der Waals surface area (Å²) in [5.74, 6) is -0.528. The number of methoxy groups -OCH3 is 2. The molecule has 26 heavy (non-hydrogen) atoms. The second-order valence-corrected chi connectivity index (χ2v) is 5.16. The topological polar surface area (TPSA) is 109 Å². The van der Waals surface area contributed by atoms with E-state index in [1.165, 1.54) is 26.8 Å². The van der Waals surface area contributed by atoms with Crippen molar-refractivity contribution in [2.45, 2.75) is 0 Å². The smallest absolute Gasteiger partial charge is 0.170 e. The van der Waals surface area contributed by atoms with Crippen molar-refractivity contribution in [2.75, 3.05) is 19.6 Å². The number of carbonyl (C=O) groups excluding carboxylic acids is 1. The molecular formula is C18H15N4O4-. The molecule has 3 rings (SSSR count). The number of rotatable bonds is 6. The number of aromatic carboxylic acids is 1. The maximum atomic E-state index is 11.5. The van der Waals surface area contributed by atoms with Crippen LogP contribution in [0.15, 0.2) is 47.8 Å². The van der Waals surface area contributed by atoms with Crippen LogP contribution in [-0.2, 0) is 0 Å². The maximum Gasteiger partial charge on any atom is 0.170 e. The molecule has 0 fully saturated rings. The van der Waals surface area contributed by atoms with Crippen molar-refractivity contribution in [2.24, 2.45) is 5.10 Å². The number of fused-ring (bicyclic) bond motifs is 1. The van der Waals surface area contributed by atoms with Crippen LogP contribution in [0.3, 0.4) is 0 Å². The third-order valence-corrected chi connectivity index (χ3v) is 3.70. The average molecular weight is 351 g/mol. The zero-order valence-electron chi connectivity index (χ0n) is 14.1. The molecule has 0 atom stereocenters. The Kier molecular flexibility index (Phi) is 4.93. The van der Waals surface area contributed by atoms with Gasteiger partial charge in [0.2, 0.25) is 0 Å². The number of para-hydroxylation sites is 1. The Labute approximate surface area is 149 Å². The Morgan fingerprint density at radius 3 is 2.69 bits per heavy atom. The number of benzene rings is 2. The molecule has 3 aromatic rings. The molecule has 0 radical (unpaired) electrons. The summed E-state index contributed by atoms with van der Waals surface area (Å²) in [5.41, 5.74) is 3.72. The third kappa shape index (κ3) is 3.25. The molecule has 132 valence electrons. The molecule has 8 nitrogen and oxygen atoms in total. The van der Waals surface area contributed by atoms with Crippen molar-refractivity contribution in [1.29, 1.82) is 0 Å². The van der Waals surface area contributed by atoms with E-state index < -0.39 is 5.97 Å². The number of anilines is 1. The Morgan fingerprint density at radius 1 is 1.15 bits per heavy atom. The van der Waals surface area contributed by atoms with E-state index in [2.05, 4.69) is 20.5 Å². The second-order valence-electron chi connectivity index (χ2n) is 5.16. The van der Waals surface area contributed by atoms with Gasteiger partial charge in [-0.25, -0.2) is 9.97 Å². The highest BCUT2D eigenvalue weighted by Gasteiger charge is 2.15. The van der Waals surface area contributed by atoms with Gasteiger partial charge in [0, 0.05) is 10.9 Å². The predicted octanol–water partition coefficient (Wildman–Crippen LogP) is 1.46. The van der Waals surface area contributed by atoms with Gasteiger partial charge in [-0.15, -0.1) is 0 Å². The van der Waals surface area contributed by atoms with Crippen LogP contribution in [0.25, 0.3) is 10.9 Å². The number of nitrogens with zero attached hydrogens (tertiary/aromatic N) is 3. The monoisotopic (exact) mass is 351 g/mol. The summed E-state index contributed by atoms with van der Waals surface area (Å²) in [6.07, 6.45) is 2.77. The fourth-order valence-corrected chi connectivity index (χ4v) is 2.52. The molecule has 1 N–H and O–H groups in total. The minimum Gasteiger partial charge on any atom is -0.545 e. The minimum absolute atomic E-state index is 0.0731. The van der Waals surface area contributed by atoms with Crippen LogP contribution in [0.1, 0.15) is 15.9 Å². The third-order valence-electron chi connectivity index (χ3n) is 3.70. The van der Waals surface area contributed by atoms with Crippen LogP contribution >= 0.6 is 0 Å². The lowest BCUT2D eigenvalue weighted by Gasteiger charge is -2.15. The number of nitrogens with one attached hydrogen (secondary N) is 1. The lowest BCUT2D eigenvalue weighted by molar-refractivity contribution is -0.255. The fourth-order valence-electron chi connectivity index (χ4n) is 2.52. The summed E-state index contributed by atoms with van der Waals surface area (Å²) >= 11 is 0. The van der Waals surface area contributed by atoms with E-state index in [4.69, 9.17) is 9.47 Å². The predicted molar refractivity (Wildman–Crippen MR) is 94.6 cm³/mol. The van der Waals surface area contributed by atoms with Gasteiger partial charge in [0.05, 0.1) is 37.5 Å². The molecule has 1 aromatic heterocycles. The van der Waals surface area contributed by atoms with E-state index in [9.17, 15) is 9.90 Å². The molecule has 0 aliphatic carbocycles. The molecule has 0 bridgehead atoms. The quantitative estimate of drug-likeness (QED) is 0.529. The van der Waals surface area contributed by atoms with Crippen molar-refractivity contribution < 1.29 is 19.4 Å². The molecule has 2 aromatic carbocycles. The lowest BCUT2D eigenvalue weighted by atomic mass is 10.1. The molecule has 8 heteroatoms. The summed E-state index contributed by atoms with van der Waals surface area (Å²) in [5, 5.41) is 16.4. The number of hydrogen-bond acceptors (Lipinski definition) is 8. The standard InChI is InChI=1S/C18H16N4O4/c1-25-14-8-7-11(15(18(23)24)16(14)26-2)9-21-22-17-12-5-3-4-6-13(12)19-10-20-17/h3-10H,1-2H3,(H,23,24)(H,19,20,22)/p-1/b21-9-. The summed E-state index contributed by atoms with van der Waals surface area (Å²) < 4.78 is 10.3. The molecule has 1 heterocycles. The van der Waals surface area contributed by atoms with Crippen molar-refractivity contribution in [3.63, 3.8) is 0 Å². The number of hydrazone groups is 1. The van der Waals surface area contributed by atoms with Gasteiger partial charge in [-0.1, -0.05) is 12.1 Å². The number of hydrogen-bond donors (Lipinski definition) is 1. The Balaban J connectivity index is 1.94. The van der Waals surface area contributed by atoms with Crippen molar-refractivity contribution in [3.05, 3.63) is 53.9 Å². The average Bonchev–Trinajstić information content (AvgIpc) is 2.67. The number of ether oxygens (including phenoxy) is 2. The molecule has 0 unspecified atom stereocenters. The molecule has 0 spiro atoms. The summed E-state index contributed by atoms with van der Waals surface area (Å²) in [7, 11) is 2.78. The zero-order valence-corrected chi connectivity index (χ0v) is 14.1. The van der Waals surface area contributed by atoms with Gasteiger partial charge in [0.1, 0.15) is 6.33 Å². The van der Waals surface area contributed by atoms with Crippen LogP contribution in [-0.4, -0.2) is 36.4 Å². The van der Waals surface area contributed by atoms with E-state index in [0.717, 1.165) is 10.9 Å². The number of aromatic nitrogens is 2. The van der Waals surface area contributed by atoms with Crippen LogP contribution in [0.4, 0.5) is 5.82 Å². The van der Waals surface area contributed by atoms with Crippen LogP contribution < -0.4 is 20.0 Å². The summed E-state index contributed by atoms with van der Waals surface area (Å²) in [6, 6.07) is 10.6. The Morgan fingerprint density at radius 2 is 1.96 bits per heavy atom. The molecule has 0 saturated carbocycles. The largest absolute Gasteiger partial charge is 0.545 e. The first-order chi connectivity index (χ1) is 12.7. The molecule has 0 aliphatic rings. The van der Waals surface area contributed by atoms with Gasteiger partial charge >= 0.3 is 0 Å². The normalized spacial score (nSPS) is 10.8. The zero-order chi connectivity index (χ0) is 18.5. The van der Waals surface area contributed by atoms with Gasteiger partial charge in [0.25, 0.3) is 0 Å². The van der Waals surface area contributed by atoms with E-state index in [1.807, 2.05) is 24.3 Å². The Bertz CT molecular complexity index is 983. The summed E-state index contributed by atoms with van der Waals surface area (Å²) in [4.78, 5) is 19.8. The second kappa shape index (κ2) is 7.47. The van der Waals surface area contributed by atoms with Gasteiger partial charge in [-0.2, -0.15) is 5.10 Å². The first kappa shape index (κ1) is 17.2. The lowest BCUT2D eigenvalue weighted by Crippen LogP contribution is -2.25. The molecule has 0 amide bonds. The van der Waals surface area contributed by atoms with Crippen molar-refractivity contribution in [3.8, 4) is 11.5 Å². The van der Waals surface area contributed by atoms with Crippen molar-refractivity contribution >= 4 is 28.9 Å². The SMILES string of the molecule is COc1ccc(/C=N\Nc2ncnc3ccccc23)c(C(=O)[O-])c1OC. The van der Waals surface area contributed by atoms with Crippen molar-refractivity contribution in [1.82, 2.24) is 9.97 Å². The number of carbonyl (C=O) groups is 1. The molecule has 0 aliphatic heterocycles. The highest BCUT2D eigenvalue weighted by Crippen LogP contribution is 2.32.